The van der Waals surface area contributed by atoms with Gasteiger partial charge in [-0.1, -0.05) is 13.8 Å². The standard InChI is InChI=1S/C12H24N2/c1-9(2)8-12-11(6-7-14(12)3)13-10-4-5-10/h9-13H,4-8H2,1-3H3. The van der Waals surface area contributed by atoms with Crippen molar-refractivity contribution in [1.82, 2.24) is 10.2 Å². The summed E-state index contributed by atoms with van der Waals surface area (Å²) in [5.74, 6) is 0.823. The topological polar surface area (TPSA) is 15.3 Å². The van der Waals surface area contributed by atoms with Crippen LogP contribution in [0.25, 0.3) is 0 Å². The largest absolute Gasteiger partial charge is 0.310 e. The van der Waals surface area contributed by atoms with Crippen LogP contribution >= 0.6 is 0 Å². The van der Waals surface area contributed by atoms with Crippen LogP contribution in [0.3, 0.4) is 0 Å². The highest BCUT2D eigenvalue weighted by atomic mass is 15.2. The molecule has 14 heavy (non-hydrogen) atoms. The molecule has 0 radical (unpaired) electrons. The summed E-state index contributed by atoms with van der Waals surface area (Å²) in [6, 6.07) is 2.42. The third-order valence-electron chi connectivity index (χ3n) is 3.56. The summed E-state index contributed by atoms with van der Waals surface area (Å²) in [6.45, 7) is 5.95. The van der Waals surface area contributed by atoms with Crippen LogP contribution in [-0.2, 0) is 0 Å². The average molecular weight is 196 g/mol. The summed E-state index contributed by atoms with van der Waals surface area (Å²) in [5, 5.41) is 3.80. The SMILES string of the molecule is CC(C)CC1C(NC2CC2)CCN1C. The molecule has 2 rings (SSSR count). The quantitative estimate of drug-likeness (QED) is 0.738. The molecule has 2 fully saturated rings. The molecule has 1 saturated carbocycles. The number of likely N-dealkylation sites (N-methyl/N-ethyl adjacent to an activating group) is 1. The maximum atomic E-state index is 3.80. The minimum Gasteiger partial charge on any atom is -0.310 e. The first-order chi connectivity index (χ1) is 6.66. The maximum absolute atomic E-state index is 3.80. The first kappa shape index (κ1) is 10.4. The highest BCUT2D eigenvalue weighted by Gasteiger charge is 2.35. The monoisotopic (exact) mass is 196 g/mol. The first-order valence-electron chi connectivity index (χ1n) is 6.13. The molecular formula is C12H24N2. The first-order valence-corrected chi connectivity index (χ1v) is 6.13. The number of rotatable bonds is 4. The fourth-order valence-corrected chi connectivity index (χ4v) is 2.58. The van der Waals surface area contributed by atoms with Gasteiger partial charge in [-0.25, -0.2) is 0 Å². The molecule has 2 unspecified atom stereocenters. The van der Waals surface area contributed by atoms with Crippen molar-refractivity contribution in [2.24, 2.45) is 5.92 Å². The van der Waals surface area contributed by atoms with Gasteiger partial charge < -0.3 is 10.2 Å². The summed E-state index contributed by atoms with van der Waals surface area (Å²) in [6.07, 6.45) is 5.52. The zero-order valence-electron chi connectivity index (χ0n) is 9.79. The minimum atomic E-state index is 0.773. The third-order valence-corrected chi connectivity index (χ3v) is 3.56. The molecule has 82 valence electrons. The Labute approximate surface area is 88.1 Å². The number of hydrogen-bond donors (Lipinski definition) is 1. The molecule has 0 bridgehead atoms. The van der Waals surface area contributed by atoms with Gasteiger partial charge in [-0.3, -0.25) is 0 Å². The molecule has 0 aromatic rings. The van der Waals surface area contributed by atoms with Crippen LogP contribution < -0.4 is 5.32 Å². The second-order valence-electron chi connectivity index (χ2n) is 5.51. The van der Waals surface area contributed by atoms with Crippen molar-refractivity contribution in [2.75, 3.05) is 13.6 Å². The second kappa shape index (κ2) is 4.19. The van der Waals surface area contributed by atoms with Gasteiger partial charge in [-0.05, 0) is 45.2 Å². The summed E-state index contributed by atoms with van der Waals surface area (Å²) in [4.78, 5) is 2.54. The maximum Gasteiger partial charge on any atom is 0.0249 e. The molecular weight excluding hydrogens is 172 g/mol. The molecule has 1 saturated heterocycles. The Morgan fingerprint density at radius 2 is 2.00 bits per heavy atom. The average Bonchev–Trinajstić information content (AvgIpc) is 2.85. The number of likely N-dealkylation sites (tertiary alicyclic amines) is 1. The van der Waals surface area contributed by atoms with E-state index in [4.69, 9.17) is 0 Å². The number of hydrogen-bond acceptors (Lipinski definition) is 2. The van der Waals surface area contributed by atoms with Gasteiger partial charge in [0.05, 0.1) is 0 Å². The Hall–Kier alpha value is -0.0800. The van der Waals surface area contributed by atoms with E-state index in [-0.39, 0.29) is 0 Å². The molecule has 2 nitrogen and oxygen atoms in total. The van der Waals surface area contributed by atoms with Gasteiger partial charge in [0.2, 0.25) is 0 Å². The smallest absolute Gasteiger partial charge is 0.0249 e. The van der Waals surface area contributed by atoms with Crippen LogP contribution in [0.2, 0.25) is 0 Å². The Bertz CT molecular complexity index is 187. The summed E-state index contributed by atoms with van der Waals surface area (Å²) < 4.78 is 0. The lowest BCUT2D eigenvalue weighted by Gasteiger charge is -2.27. The lowest BCUT2D eigenvalue weighted by atomic mass is 9.98. The molecule has 0 aromatic heterocycles. The fraction of sp³-hybridized carbons (Fsp3) is 1.00. The van der Waals surface area contributed by atoms with Crippen molar-refractivity contribution in [3.63, 3.8) is 0 Å². The van der Waals surface area contributed by atoms with Crippen LogP contribution in [0.4, 0.5) is 0 Å². The molecule has 1 heterocycles. The minimum absolute atomic E-state index is 0.773. The van der Waals surface area contributed by atoms with E-state index < -0.39 is 0 Å². The van der Waals surface area contributed by atoms with Crippen molar-refractivity contribution in [1.29, 1.82) is 0 Å². The highest BCUT2D eigenvalue weighted by molar-refractivity contribution is 4.95. The van der Waals surface area contributed by atoms with E-state index in [0.717, 1.165) is 24.0 Å². The molecule has 0 aromatic carbocycles. The number of nitrogens with one attached hydrogen (secondary N) is 1. The summed E-state index contributed by atoms with van der Waals surface area (Å²) in [5.41, 5.74) is 0. The van der Waals surface area contributed by atoms with Crippen LogP contribution in [0.1, 0.15) is 39.5 Å². The van der Waals surface area contributed by atoms with Gasteiger partial charge >= 0.3 is 0 Å². The zero-order chi connectivity index (χ0) is 10.1. The normalized spacial score (nSPS) is 34.3. The van der Waals surface area contributed by atoms with Crippen LogP contribution in [0.15, 0.2) is 0 Å². The van der Waals surface area contributed by atoms with Crippen molar-refractivity contribution in [2.45, 2.75) is 57.7 Å². The van der Waals surface area contributed by atoms with Crippen LogP contribution in [-0.4, -0.2) is 36.6 Å². The van der Waals surface area contributed by atoms with Gasteiger partial charge in [0, 0.05) is 18.1 Å². The molecule has 2 aliphatic rings. The van der Waals surface area contributed by atoms with Gasteiger partial charge in [-0.15, -0.1) is 0 Å². The van der Waals surface area contributed by atoms with E-state index >= 15 is 0 Å². The molecule has 2 heteroatoms. The highest BCUT2D eigenvalue weighted by Crippen LogP contribution is 2.27. The van der Waals surface area contributed by atoms with E-state index in [0.29, 0.717) is 0 Å². The summed E-state index contributed by atoms with van der Waals surface area (Å²) >= 11 is 0. The third kappa shape index (κ3) is 2.48. The molecule has 2 atom stereocenters. The predicted octanol–water partition coefficient (Wildman–Crippen LogP) is 1.86. The van der Waals surface area contributed by atoms with Gasteiger partial charge in [0.15, 0.2) is 0 Å². The van der Waals surface area contributed by atoms with E-state index in [1.807, 2.05) is 0 Å². The Balaban J connectivity index is 1.86. The predicted molar refractivity (Wildman–Crippen MR) is 60.4 cm³/mol. The second-order valence-corrected chi connectivity index (χ2v) is 5.51. The van der Waals surface area contributed by atoms with Gasteiger partial charge in [0.1, 0.15) is 0 Å². The van der Waals surface area contributed by atoms with Crippen LogP contribution in [0.5, 0.6) is 0 Å². The molecule has 1 N–H and O–H groups in total. The molecule has 0 amide bonds. The lowest BCUT2D eigenvalue weighted by Crippen LogP contribution is -2.42. The van der Waals surface area contributed by atoms with Gasteiger partial charge in [-0.2, -0.15) is 0 Å². The van der Waals surface area contributed by atoms with E-state index in [9.17, 15) is 0 Å². The summed E-state index contributed by atoms with van der Waals surface area (Å²) in [7, 11) is 2.28. The van der Waals surface area contributed by atoms with Crippen molar-refractivity contribution in [3.8, 4) is 0 Å². The molecule has 1 aliphatic heterocycles. The molecule has 0 spiro atoms. The Morgan fingerprint density at radius 3 is 2.57 bits per heavy atom. The van der Waals surface area contributed by atoms with Crippen LogP contribution in [0, 0.1) is 5.92 Å². The van der Waals surface area contributed by atoms with Crippen molar-refractivity contribution in [3.05, 3.63) is 0 Å². The Kier molecular flexibility index (Phi) is 3.13. The number of nitrogens with zero attached hydrogens (tertiary/aromatic N) is 1. The zero-order valence-corrected chi connectivity index (χ0v) is 9.79. The van der Waals surface area contributed by atoms with E-state index in [1.54, 1.807) is 0 Å². The Morgan fingerprint density at radius 1 is 1.29 bits per heavy atom. The van der Waals surface area contributed by atoms with E-state index in [1.165, 1.54) is 32.2 Å². The van der Waals surface area contributed by atoms with Crippen molar-refractivity contribution >= 4 is 0 Å². The molecule has 1 aliphatic carbocycles. The van der Waals surface area contributed by atoms with Gasteiger partial charge in [0.25, 0.3) is 0 Å². The lowest BCUT2D eigenvalue weighted by molar-refractivity contribution is 0.244. The van der Waals surface area contributed by atoms with E-state index in [2.05, 4.69) is 31.1 Å². The fourth-order valence-electron chi connectivity index (χ4n) is 2.58. The van der Waals surface area contributed by atoms with Crippen molar-refractivity contribution < 1.29 is 0 Å².